The number of nitrogens with one attached hydrogen (secondary N) is 1. The summed E-state index contributed by atoms with van der Waals surface area (Å²) in [6, 6.07) is 3.96. The average molecular weight is 416 g/mol. The first-order valence-electron chi connectivity index (χ1n) is 9.96. The van der Waals surface area contributed by atoms with Crippen molar-refractivity contribution in [2.24, 2.45) is 0 Å². The van der Waals surface area contributed by atoms with Crippen molar-refractivity contribution in [3.05, 3.63) is 35.2 Å². The van der Waals surface area contributed by atoms with Gasteiger partial charge < -0.3 is 15.0 Å². The predicted molar refractivity (Wildman–Crippen MR) is 112 cm³/mol. The van der Waals surface area contributed by atoms with E-state index in [2.05, 4.69) is 32.3 Å². The molecule has 30 heavy (non-hydrogen) atoms. The van der Waals surface area contributed by atoms with Crippen LogP contribution in [0.1, 0.15) is 43.6 Å². The molecule has 0 unspecified atom stereocenters. The van der Waals surface area contributed by atoms with Crippen LogP contribution < -0.4 is 10.1 Å². The Morgan fingerprint density at radius 2 is 2.00 bits per heavy atom. The van der Waals surface area contributed by atoms with Crippen LogP contribution in [0.2, 0.25) is 0 Å². The molecule has 1 aliphatic heterocycles. The molecule has 0 spiro atoms. The van der Waals surface area contributed by atoms with E-state index in [1.807, 2.05) is 26.0 Å². The third kappa shape index (κ3) is 3.69. The molecule has 0 amide bonds. The molecule has 0 radical (unpaired) electrons. The lowest BCUT2D eigenvalue weighted by Gasteiger charge is -2.26. The third-order valence-electron chi connectivity index (χ3n) is 5.32. The highest BCUT2D eigenvalue weighted by molar-refractivity contribution is 5.80. The summed E-state index contributed by atoms with van der Waals surface area (Å²) in [6.07, 6.45) is 2.37. The molecule has 0 aliphatic carbocycles. The summed E-state index contributed by atoms with van der Waals surface area (Å²) >= 11 is 0. The van der Waals surface area contributed by atoms with E-state index in [9.17, 15) is 8.78 Å². The predicted octanol–water partition coefficient (Wildman–Crippen LogP) is 4.26. The van der Waals surface area contributed by atoms with E-state index < -0.39 is 5.92 Å². The number of rotatable bonds is 5. The van der Waals surface area contributed by atoms with E-state index in [0.29, 0.717) is 17.3 Å². The van der Waals surface area contributed by atoms with Crippen LogP contribution >= 0.6 is 0 Å². The van der Waals surface area contributed by atoms with E-state index in [1.165, 1.54) is 22.0 Å². The summed E-state index contributed by atoms with van der Waals surface area (Å²) in [5.41, 5.74) is 3.28. The second-order valence-electron chi connectivity index (χ2n) is 8.14. The van der Waals surface area contributed by atoms with Crippen LogP contribution in [0, 0.1) is 0 Å². The van der Waals surface area contributed by atoms with Gasteiger partial charge in [0.1, 0.15) is 11.4 Å². The molecular formula is C21H26F2N6O. The van der Waals surface area contributed by atoms with Crippen molar-refractivity contribution in [2.45, 2.75) is 45.7 Å². The first kappa shape index (κ1) is 20.5. The van der Waals surface area contributed by atoms with Gasteiger partial charge in [0.15, 0.2) is 5.65 Å². The normalized spacial score (nSPS) is 14.9. The number of fused-ring (bicyclic) bond motifs is 2. The van der Waals surface area contributed by atoms with Crippen LogP contribution in [-0.4, -0.2) is 45.4 Å². The number of benzene rings is 1. The van der Waals surface area contributed by atoms with Crippen molar-refractivity contribution in [2.75, 3.05) is 26.0 Å². The van der Waals surface area contributed by atoms with Crippen LogP contribution in [0.5, 0.6) is 5.75 Å². The van der Waals surface area contributed by atoms with Gasteiger partial charge >= 0.3 is 0 Å². The van der Waals surface area contributed by atoms with E-state index in [1.54, 1.807) is 7.11 Å². The van der Waals surface area contributed by atoms with E-state index in [-0.39, 0.29) is 17.1 Å². The molecule has 160 valence electrons. The maximum atomic E-state index is 14.0. The largest absolute Gasteiger partial charge is 0.495 e. The molecule has 0 fully saturated rings. The quantitative estimate of drug-likeness (QED) is 0.670. The summed E-state index contributed by atoms with van der Waals surface area (Å²) in [5.74, 6) is -2.08. The van der Waals surface area contributed by atoms with Gasteiger partial charge in [-0.2, -0.15) is 18.9 Å². The zero-order valence-electron chi connectivity index (χ0n) is 17.8. The lowest BCUT2D eigenvalue weighted by Crippen LogP contribution is -2.26. The number of likely N-dealkylation sites (N-methyl/N-ethyl adjacent to an activating group) is 1. The van der Waals surface area contributed by atoms with Gasteiger partial charge in [-0.15, -0.1) is 0 Å². The van der Waals surface area contributed by atoms with Gasteiger partial charge in [0, 0.05) is 32.3 Å². The number of halogens is 2. The van der Waals surface area contributed by atoms with Gasteiger partial charge in [0.05, 0.1) is 18.2 Å². The summed E-state index contributed by atoms with van der Waals surface area (Å²) in [6.45, 7) is 6.44. The standard InChI is InChI=1S/C21H26F2N6O/c1-12(2)29-19-15(18(27-29)21(3,22)23)10-24-20(26-19)25-16-8-14-11-28(4)7-6-13(14)9-17(16)30-5/h8-10,12H,6-7,11H2,1-5H3,(H,24,25,26). The van der Waals surface area contributed by atoms with Crippen molar-refractivity contribution < 1.29 is 13.5 Å². The van der Waals surface area contributed by atoms with E-state index in [4.69, 9.17) is 4.74 Å². The average Bonchev–Trinajstić information content (AvgIpc) is 3.07. The molecule has 1 aromatic carbocycles. The first-order valence-corrected chi connectivity index (χ1v) is 9.96. The summed E-state index contributed by atoms with van der Waals surface area (Å²) in [5, 5.41) is 7.57. The maximum Gasteiger partial charge on any atom is 0.289 e. The molecule has 0 atom stereocenters. The number of alkyl halides is 2. The SMILES string of the molecule is COc1cc2c(cc1Nc1ncc3c(C(C)(F)F)nn(C(C)C)c3n1)CN(C)CC2. The van der Waals surface area contributed by atoms with Crippen molar-refractivity contribution in [3.63, 3.8) is 0 Å². The van der Waals surface area contributed by atoms with Crippen LogP contribution in [0.3, 0.4) is 0 Å². The Hall–Kier alpha value is -2.81. The minimum Gasteiger partial charge on any atom is -0.495 e. The van der Waals surface area contributed by atoms with E-state index in [0.717, 1.165) is 32.1 Å². The molecule has 2 aromatic heterocycles. The Morgan fingerprint density at radius 1 is 1.23 bits per heavy atom. The summed E-state index contributed by atoms with van der Waals surface area (Å²) in [4.78, 5) is 11.0. The van der Waals surface area contributed by atoms with Gasteiger partial charge in [0.2, 0.25) is 5.95 Å². The molecule has 0 saturated heterocycles. The fraction of sp³-hybridized carbons (Fsp3) is 0.476. The van der Waals surface area contributed by atoms with Crippen molar-refractivity contribution in [1.82, 2.24) is 24.6 Å². The van der Waals surface area contributed by atoms with Crippen molar-refractivity contribution in [1.29, 1.82) is 0 Å². The minimum atomic E-state index is -3.08. The number of methoxy groups -OCH3 is 1. The third-order valence-corrected chi connectivity index (χ3v) is 5.32. The van der Waals surface area contributed by atoms with Gasteiger partial charge in [-0.1, -0.05) is 0 Å². The number of nitrogens with zero attached hydrogens (tertiary/aromatic N) is 5. The molecule has 0 saturated carbocycles. The molecule has 1 aliphatic rings. The molecule has 3 aromatic rings. The molecular weight excluding hydrogens is 390 g/mol. The Kier molecular flexibility index (Phi) is 5.09. The highest BCUT2D eigenvalue weighted by Crippen LogP contribution is 2.35. The monoisotopic (exact) mass is 416 g/mol. The smallest absolute Gasteiger partial charge is 0.289 e. The minimum absolute atomic E-state index is 0.125. The molecule has 7 nitrogen and oxygen atoms in total. The molecule has 1 N–H and O–H groups in total. The summed E-state index contributed by atoms with van der Waals surface area (Å²) in [7, 11) is 3.71. The second-order valence-corrected chi connectivity index (χ2v) is 8.14. The second kappa shape index (κ2) is 7.46. The highest BCUT2D eigenvalue weighted by atomic mass is 19.3. The first-order chi connectivity index (χ1) is 14.2. The fourth-order valence-electron chi connectivity index (χ4n) is 3.78. The van der Waals surface area contributed by atoms with E-state index >= 15 is 0 Å². The number of aromatic nitrogens is 4. The number of ether oxygens (including phenoxy) is 1. The molecule has 0 bridgehead atoms. The lowest BCUT2D eigenvalue weighted by molar-refractivity contribution is 0.0134. The Bertz CT molecular complexity index is 1090. The molecule has 3 heterocycles. The topological polar surface area (TPSA) is 68.1 Å². The zero-order valence-corrected chi connectivity index (χ0v) is 17.8. The van der Waals surface area contributed by atoms with Crippen LogP contribution in [-0.2, 0) is 18.9 Å². The van der Waals surface area contributed by atoms with Crippen LogP contribution in [0.15, 0.2) is 18.3 Å². The summed E-state index contributed by atoms with van der Waals surface area (Å²) < 4.78 is 35.1. The molecule has 9 heteroatoms. The van der Waals surface area contributed by atoms with Gasteiger partial charge in [-0.3, -0.25) is 0 Å². The Labute approximate surface area is 174 Å². The number of hydrogen-bond donors (Lipinski definition) is 1. The van der Waals surface area contributed by atoms with Gasteiger partial charge in [-0.05, 0) is 50.6 Å². The fourth-order valence-corrected chi connectivity index (χ4v) is 3.78. The maximum absolute atomic E-state index is 14.0. The van der Waals surface area contributed by atoms with Gasteiger partial charge in [0.25, 0.3) is 5.92 Å². The zero-order chi connectivity index (χ0) is 21.6. The van der Waals surface area contributed by atoms with Crippen molar-refractivity contribution in [3.8, 4) is 5.75 Å². The number of hydrogen-bond acceptors (Lipinski definition) is 6. The highest BCUT2D eigenvalue weighted by Gasteiger charge is 2.32. The van der Waals surface area contributed by atoms with Crippen LogP contribution in [0.4, 0.5) is 20.4 Å². The van der Waals surface area contributed by atoms with Crippen molar-refractivity contribution >= 4 is 22.7 Å². The van der Waals surface area contributed by atoms with Crippen LogP contribution in [0.25, 0.3) is 11.0 Å². The molecule has 4 rings (SSSR count). The Morgan fingerprint density at radius 3 is 2.67 bits per heavy atom. The Balaban J connectivity index is 1.76. The van der Waals surface area contributed by atoms with Gasteiger partial charge in [-0.25, -0.2) is 9.67 Å². The number of anilines is 2. The lowest BCUT2D eigenvalue weighted by atomic mass is 9.99.